The maximum absolute atomic E-state index is 13.2. The Morgan fingerprint density at radius 2 is 1.85 bits per heavy atom. The highest BCUT2D eigenvalue weighted by molar-refractivity contribution is 6.33. The first-order valence-corrected chi connectivity index (χ1v) is 8.12. The van der Waals surface area contributed by atoms with E-state index in [-0.39, 0.29) is 10.7 Å². The van der Waals surface area contributed by atoms with Gasteiger partial charge in [0.05, 0.1) is 24.9 Å². The van der Waals surface area contributed by atoms with Crippen molar-refractivity contribution < 1.29 is 28.2 Å². The van der Waals surface area contributed by atoms with E-state index in [2.05, 4.69) is 5.32 Å². The number of anilines is 1. The van der Waals surface area contributed by atoms with Crippen molar-refractivity contribution >= 4 is 35.2 Å². The van der Waals surface area contributed by atoms with Gasteiger partial charge in [0, 0.05) is 6.08 Å². The van der Waals surface area contributed by atoms with E-state index in [4.69, 9.17) is 25.8 Å². The number of hydrogen-bond acceptors (Lipinski definition) is 5. The van der Waals surface area contributed by atoms with Gasteiger partial charge in [-0.2, -0.15) is 0 Å². The molecule has 0 fully saturated rings. The first-order chi connectivity index (χ1) is 12.9. The van der Waals surface area contributed by atoms with Crippen molar-refractivity contribution in [3.05, 3.63) is 58.9 Å². The smallest absolute Gasteiger partial charge is 0.331 e. The normalized spacial score (nSPS) is 10.5. The van der Waals surface area contributed by atoms with Gasteiger partial charge < -0.3 is 19.5 Å². The van der Waals surface area contributed by atoms with Crippen LogP contribution in [-0.2, 0) is 14.3 Å². The summed E-state index contributed by atoms with van der Waals surface area (Å²) in [6.45, 7) is -0.540. The molecule has 0 unspecified atom stereocenters. The second-order valence-corrected chi connectivity index (χ2v) is 5.64. The first-order valence-electron chi connectivity index (χ1n) is 7.74. The number of ether oxygens (including phenoxy) is 3. The molecule has 2 aromatic carbocycles. The maximum atomic E-state index is 13.2. The van der Waals surface area contributed by atoms with Crippen molar-refractivity contribution in [2.24, 2.45) is 0 Å². The van der Waals surface area contributed by atoms with Crippen molar-refractivity contribution in [1.82, 2.24) is 0 Å². The van der Waals surface area contributed by atoms with Crippen molar-refractivity contribution in [3.8, 4) is 11.5 Å². The van der Waals surface area contributed by atoms with Gasteiger partial charge in [0.25, 0.3) is 5.91 Å². The Kier molecular flexibility index (Phi) is 7.19. The summed E-state index contributed by atoms with van der Waals surface area (Å²) in [7, 11) is 3.02. The lowest BCUT2D eigenvalue weighted by atomic mass is 10.2. The number of amides is 1. The first kappa shape index (κ1) is 20.3. The molecule has 0 aliphatic rings. The van der Waals surface area contributed by atoms with E-state index in [1.807, 2.05) is 0 Å². The second kappa shape index (κ2) is 9.59. The molecule has 27 heavy (non-hydrogen) atoms. The third-order valence-corrected chi connectivity index (χ3v) is 3.70. The van der Waals surface area contributed by atoms with Crippen molar-refractivity contribution in [3.63, 3.8) is 0 Å². The van der Waals surface area contributed by atoms with E-state index in [1.54, 1.807) is 18.2 Å². The topological polar surface area (TPSA) is 73.9 Å². The van der Waals surface area contributed by atoms with Crippen LogP contribution in [0.15, 0.2) is 42.5 Å². The lowest BCUT2D eigenvalue weighted by Gasteiger charge is -2.08. The Labute approximate surface area is 160 Å². The molecule has 0 bridgehead atoms. The fourth-order valence-electron chi connectivity index (χ4n) is 2.09. The van der Waals surface area contributed by atoms with Crippen LogP contribution in [-0.4, -0.2) is 32.7 Å². The third-order valence-electron chi connectivity index (χ3n) is 3.37. The summed E-state index contributed by atoms with van der Waals surface area (Å²) in [6.07, 6.45) is 2.68. The molecule has 0 saturated carbocycles. The van der Waals surface area contributed by atoms with E-state index in [1.165, 1.54) is 32.4 Å². The van der Waals surface area contributed by atoms with Crippen molar-refractivity contribution in [1.29, 1.82) is 0 Å². The predicted molar refractivity (Wildman–Crippen MR) is 99.6 cm³/mol. The van der Waals surface area contributed by atoms with E-state index < -0.39 is 24.3 Å². The van der Waals surface area contributed by atoms with Gasteiger partial charge in [-0.1, -0.05) is 17.7 Å². The molecule has 2 rings (SSSR count). The molecule has 0 aliphatic heterocycles. The highest BCUT2D eigenvalue weighted by Crippen LogP contribution is 2.28. The second-order valence-electron chi connectivity index (χ2n) is 5.23. The SMILES string of the molecule is COc1ccc(/C=C/C(=O)OCC(=O)Nc2cc(F)ccc2Cl)cc1OC. The molecule has 6 nitrogen and oxygen atoms in total. The van der Waals surface area contributed by atoms with Gasteiger partial charge >= 0.3 is 5.97 Å². The van der Waals surface area contributed by atoms with Crippen LogP contribution >= 0.6 is 11.6 Å². The molecule has 0 aromatic heterocycles. The highest BCUT2D eigenvalue weighted by Gasteiger charge is 2.09. The minimum absolute atomic E-state index is 0.0959. The molecular weight excluding hydrogens is 377 g/mol. The van der Waals surface area contributed by atoms with Gasteiger partial charge in [0.15, 0.2) is 18.1 Å². The molecule has 0 atom stereocenters. The van der Waals surface area contributed by atoms with E-state index in [9.17, 15) is 14.0 Å². The number of carbonyl (C=O) groups excluding carboxylic acids is 2. The van der Waals surface area contributed by atoms with Gasteiger partial charge in [-0.25, -0.2) is 9.18 Å². The van der Waals surface area contributed by atoms with Crippen LogP contribution < -0.4 is 14.8 Å². The number of carbonyl (C=O) groups is 2. The monoisotopic (exact) mass is 393 g/mol. The van der Waals surface area contributed by atoms with Crippen LogP contribution in [0.3, 0.4) is 0 Å². The zero-order valence-corrected chi connectivity index (χ0v) is 15.4. The Hall–Kier alpha value is -3.06. The Balaban J connectivity index is 1.89. The summed E-state index contributed by atoms with van der Waals surface area (Å²) in [5.41, 5.74) is 0.777. The van der Waals surface area contributed by atoms with Crippen LogP contribution in [0.25, 0.3) is 6.08 Å². The molecule has 1 amide bonds. The van der Waals surface area contributed by atoms with Crippen LogP contribution in [0.4, 0.5) is 10.1 Å². The lowest BCUT2D eigenvalue weighted by molar-refractivity contribution is -0.142. The van der Waals surface area contributed by atoms with Crippen LogP contribution in [0.1, 0.15) is 5.56 Å². The molecule has 8 heteroatoms. The Bertz CT molecular complexity index is 869. The number of nitrogens with one attached hydrogen (secondary N) is 1. The third kappa shape index (κ3) is 6.00. The van der Waals surface area contributed by atoms with Crippen LogP contribution in [0.2, 0.25) is 5.02 Å². The number of esters is 1. The molecule has 0 heterocycles. The number of rotatable bonds is 7. The van der Waals surface area contributed by atoms with E-state index in [0.717, 1.165) is 12.1 Å². The van der Waals surface area contributed by atoms with E-state index in [0.29, 0.717) is 17.1 Å². The van der Waals surface area contributed by atoms with Crippen molar-refractivity contribution in [2.45, 2.75) is 0 Å². The zero-order valence-electron chi connectivity index (χ0n) is 14.6. The number of halogens is 2. The summed E-state index contributed by atoms with van der Waals surface area (Å²) in [4.78, 5) is 23.5. The minimum atomic E-state index is -0.717. The largest absolute Gasteiger partial charge is 0.493 e. The molecule has 0 saturated heterocycles. The minimum Gasteiger partial charge on any atom is -0.493 e. The lowest BCUT2D eigenvalue weighted by Crippen LogP contribution is -2.20. The van der Waals surface area contributed by atoms with E-state index >= 15 is 0 Å². The highest BCUT2D eigenvalue weighted by atomic mass is 35.5. The average molecular weight is 394 g/mol. The zero-order chi connectivity index (χ0) is 19.8. The fourth-order valence-corrected chi connectivity index (χ4v) is 2.25. The van der Waals surface area contributed by atoms with Gasteiger partial charge in [-0.05, 0) is 42.0 Å². The molecule has 142 valence electrons. The van der Waals surface area contributed by atoms with Gasteiger partial charge in [0.1, 0.15) is 5.82 Å². The van der Waals surface area contributed by atoms with Gasteiger partial charge in [-0.3, -0.25) is 4.79 Å². The van der Waals surface area contributed by atoms with Crippen LogP contribution in [0.5, 0.6) is 11.5 Å². The number of benzene rings is 2. The summed E-state index contributed by atoms with van der Waals surface area (Å²) < 4.78 is 28.3. The fraction of sp³-hybridized carbons (Fsp3) is 0.158. The standard InChI is InChI=1S/C19H17ClFNO5/c1-25-16-7-3-12(9-17(16)26-2)4-8-19(24)27-11-18(23)22-15-10-13(21)5-6-14(15)20/h3-10H,11H2,1-2H3,(H,22,23)/b8-4+. The molecular formula is C19H17ClFNO5. The van der Waals surface area contributed by atoms with Crippen LogP contribution in [0, 0.1) is 5.82 Å². The summed E-state index contributed by atoms with van der Waals surface area (Å²) in [5.74, 6) is -0.838. The molecule has 0 radical (unpaired) electrons. The summed E-state index contributed by atoms with van der Waals surface area (Å²) in [5, 5.41) is 2.54. The Morgan fingerprint density at radius 3 is 2.56 bits per heavy atom. The number of methoxy groups -OCH3 is 2. The van der Waals surface area contributed by atoms with Gasteiger partial charge in [0.2, 0.25) is 0 Å². The van der Waals surface area contributed by atoms with Gasteiger partial charge in [-0.15, -0.1) is 0 Å². The summed E-state index contributed by atoms with van der Waals surface area (Å²) in [6, 6.07) is 8.64. The maximum Gasteiger partial charge on any atom is 0.331 e. The molecule has 2 aromatic rings. The molecule has 1 N–H and O–H groups in total. The predicted octanol–water partition coefficient (Wildman–Crippen LogP) is 3.69. The summed E-state index contributed by atoms with van der Waals surface area (Å²) >= 11 is 5.85. The molecule has 0 spiro atoms. The van der Waals surface area contributed by atoms with Crippen molar-refractivity contribution in [2.75, 3.05) is 26.1 Å². The average Bonchev–Trinajstić information content (AvgIpc) is 2.67. The quantitative estimate of drug-likeness (QED) is 0.573. The Morgan fingerprint density at radius 1 is 1.11 bits per heavy atom. The number of hydrogen-bond donors (Lipinski definition) is 1. The molecule has 0 aliphatic carbocycles.